The normalized spacial score (nSPS) is 25.4. The number of likely N-dealkylation sites (tertiary alicyclic amines) is 1. The highest BCUT2D eigenvalue weighted by Crippen LogP contribution is 2.31. The number of aliphatic imine (C=N–C) groups is 1. The first kappa shape index (κ1) is 20.0. The smallest absolute Gasteiger partial charge is 0.191 e. The van der Waals surface area contributed by atoms with Crippen molar-refractivity contribution in [3.63, 3.8) is 0 Å². The maximum atomic E-state index is 4.44. The van der Waals surface area contributed by atoms with E-state index in [-0.39, 0.29) is 29.4 Å². The maximum absolute atomic E-state index is 4.44. The molecule has 1 saturated heterocycles. The first-order valence-electron chi connectivity index (χ1n) is 8.75. The summed E-state index contributed by atoms with van der Waals surface area (Å²) in [5.74, 6) is 1.61. The number of nitrogens with zero attached hydrogens (tertiary/aromatic N) is 2. The fourth-order valence-corrected chi connectivity index (χ4v) is 4.21. The van der Waals surface area contributed by atoms with Crippen LogP contribution in [0, 0.1) is 5.92 Å². The van der Waals surface area contributed by atoms with E-state index in [0.717, 1.165) is 25.1 Å². The maximum Gasteiger partial charge on any atom is 0.191 e. The van der Waals surface area contributed by atoms with Crippen molar-refractivity contribution in [2.75, 3.05) is 26.7 Å². The van der Waals surface area contributed by atoms with E-state index in [1.165, 1.54) is 24.3 Å². The molecule has 2 N–H and O–H groups in total. The number of hydrogen-bond acceptors (Lipinski definition) is 3. The highest BCUT2D eigenvalue weighted by Gasteiger charge is 2.38. The zero-order chi connectivity index (χ0) is 16.4. The number of halogens is 1. The topological polar surface area (TPSA) is 39.7 Å². The van der Waals surface area contributed by atoms with Crippen molar-refractivity contribution < 1.29 is 0 Å². The standard InChI is InChI=1S/C18H30N4S.HI/c1-13-10-22(14-7-8-14)11-15(13)21-17(19-4)20-12-18(2,3)16-6-5-9-23-16;/h5-6,9,13-15H,7-8,10-12H2,1-4H3,(H2,19,20,21);1H. The number of nitrogens with one attached hydrogen (secondary N) is 2. The largest absolute Gasteiger partial charge is 0.356 e. The predicted molar refractivity (Wildman–Crippen MR) is 115 cm³/mol. The fraction of sp³-hybridized carbons (Fsp3) is 0.722. The summed E-state index contributed by atoms with van der Waals surface area (Å²) in [7, 11) is 1.87. The molecular weight excluding hydrogens is 431 g/mol. The molecule has 24 heavy (non-hydrogen) atoms. The van der Waals surface area contributed by atoms with Gasteiger partial charge in [-0.15, -0.1) is 35.3 Å². The second-order valence-electron chi connectivity index (χ2n) is 7.70. The molecule has 1 aliphatic heterocycles. The lowest BCUT2D eigenvalue weighted by molar-refractivity contribution is 0.315. The summed E-state index contributed by atoms with van der Waals surface area (Å²) < 4.78 is 0. The summed E-state index contributed by atoms with van der Waals surface area (Å²) in [6.45, 7) is 10.2. The van der Waals surface area contributed by atoms with Gasteiger partial charge in [0, 0.05) is 49.1 Å². The molecule has 2 aliphatic rings. The van der Waals surface area contributed by atoms with Crippen LogP contribution >= 0.6 is 35.3 Å². The molecule has 1 saturated carbocycles. The van der Waals surface area contributed by atoms with Gasteiger partial charge in [-0.2, -0.15) is 0 Å². The molecule has 1 aromatic rings. The van der Waals surface area contributed by atoms with E-state index in [9.17, 15) is 0 Å². The van der Waals surface area contributed by atoms with Gasteiger partial charge in [-0.05, 0) is 30.2 Å². The van der Waals surface area contributed by atoms with Crippen LogP contribution in [-0.2, 0) is 5.41 Å². The number of thiophene rings is 1. The lowest BCUT2D eigenvalue weighted by Crippen LogP contribution is -2.49. The van der Waals surface area contributed by atoms with E-state index >= 15 is 0 Å². The van der Waals surface area contributed by atoms with Crippen molar-refractivity contribution in [2.45, 2.75) is 51.1 Å². The predicted octanol–water partition coefficient (Wildman–Crippen LogP) is 3.29. The Balaban J connectivity index is 0.00000208. The Morgan fingerprint density at radius 2 is 2.12 bits per heavy atom. The summed E-state index contributed by atoms with van der Waals surface area (Å²) in [5, 5.41) is 9.33. The van der Waals surface area contributed by atoms with Crippen LogP contribution in [0.15, 0.2) is 22.5 Å². The number of hydrogen-bond donors (Lipinski definition) is 2. The first-order valence-corrected chi connectivity index (χ1v) is 9.63. The van der Waals surface area contributed by atoms with Crippen molar-refractivity contribution >= 4 is 41.3 Å². The zero-order valence-electron chi connectivity index (χ0n) is 15.2. The van der Waals surface area contributed by atoms with Gasteiger partial charge in [-0.25, -0.2) is 0 Å². The molecule has 2 heterocycles. The van der Waals surface area contributed by atoms with Crippen LogP contribution < -0.4 is 10.6 Å². The van der Waals surface area contributed by atoms with Gasteiger partial charge in [0.2, 0.25) is 0 Å². The molecule has 2 fully saturated rings. The Kier molecular flexibility index (Phi) is 6.96. The lowest BCUT2D eigenvalue weighted by Gasteiger charge is -2.26. The van der Waals surface area contributed by atoms with E-state index in [2.05, 4.69) is 58.8 Å². The highest BCUT2D eigenvalue weighted by molar-refractivity contribution is 14.0. The van der Waals surface area contributed by atoms with Gasteiger partial charge in [-0.3, -0.25) is 9.89 Å². The average molecular weight is 462 g/mol. The number of guanidine groups is 1. The zero-order valence-corrected chi connectivity index (χ0v) is 18.4. The molecule has 0 radical (unpaired) electrons. The average Bonchev–Trinajstić information content (AvgIpc) is 3.08. The van der Waals surface area contributed by atoms with E-state index in [4.69, 9.17) is 0 Å². The van der Waals surface area contributed by atoms with E-state index in [0.29, 0.717) is 12.0 Å². The molecule has 1 aliphatic carbocycles. The van der Waals surface area contributed by atoms with E-state index in [1.54, 1.807) is 0 Å². The van der Waals surface area contributed by atoms with Gasteiger partial charge in [0.1, 0.15) is 0 Å². The lowest BCUT2D eigenvalue weighted by atomic mass is 9.91. The first-order chi connectivity index (χ1) is 11.0. The molecule has 4 nitrogen and oxygen atoms in total. The Morgan fingerprint density at radius 3 is 2.71 bits per heavy atom. The van der Waals surface area contributed by atoms with Crippen LogP contribution in [0.1, 0.15) is 38.5 Å². The summed E-state index contributed by atoms with van der Waals surface area (Å²) in [6, 6.07) is 5.71. The second-order valence-corrected chi connectivity index (χ2v) is 8.65. The van der Waals surface area contributed by atoms with Crippen molar-refractivity contribution in [2.24, 2.45) is 10.9 Å². The molecule has 0 bridgehead atoms. The Morgan fingerprint density at radius 1 is 1.38 bits per heavy atom. The van der Waals surface area contributed by atoms with Gasteiger partial charge < -0.3 is 10.6 Å². The Bertz CT molecular complexity index is 539. The third-order valence-electron chi connectivity index (χ3n) is 5.14. The Hall–Kier alpha value is -0.340. The molecule has 1 aromatic heterocycles. The monoisotopic (exact) mass is 462 g/mol. The molecule has 2 atom stereocenters. The van der Waals surface area contributed by atoms with Crippen LogP contribution in [-0.4, -0.2) is 49.6 Å². The van der Waals surface area contributed by atoms with Crippen LogP contribution in [0.25, 0.3) is 0 Å². The summed E-state index contributed by atoms with van der Waals surface area (Å²) in [4.78, 5) is 8.49. The fourth-order valence-electron chi connectivity index (χ4n) is 3.36. The molecule has 3 rings (SSSR count). The molecule has 136 valence electrons. The van der Waals surface area contributed by atoms with E-state index in [1.807, 2.05) is 18.4 Å². The van der Waals surface area contributed by atoms with Gasteiger partial charge in [0.25, 0.3) is 0 Å². The van der Waals surface area contributed by atoms with Crippen LogP contribution in [0.2, 0.25) is 0 Å². The molecule has 0 spiro atoms. The van der Waals surface area contributed by atoms with Gasteiger partial charge in [0.15, 0.2) is 5.96 Å². The summed E-state index contributed by atoms with van der Waals surface area (Å²) >= 11 is 1.83. The van der Waals surface area contributed by atoms with Crippen LogP contribution in [0.5, 0.6) is 0 Å². The quantitative estimate of drug-likeness (QED) is 0.401. The molecule has 2 unspecified atom stereocenters. The minimum absolute atomic E-state index is 0. The minimum atomic E-state index is 0. The molecular formula is C18H31IN4S. The minimum Gasteiger partial charge on any atom is -0.356 e. The molecule has 6 heteroatoms. The third-order valence-corrected chi connectivity index (χ3v) is 6.37. The van der Waals surface area contributed by atoms with Crippen LogP contribution in [0.4, 0.5) is 0 Å². The summed E-state index contributed by atoms with van der Waals surface area (Å²) in [5.41, 5.74) is 0.118. The Labute approximate surface area is 167 Å². The number of rotatable bonds is 5. The van der Waals surface area contributed by atoms with Crippen molar-refractivity contribution in [3.8, 4) is 0 Å². The van der Waals surface area contributed by atoms with E-state index < -0.39 is 0 Å². The van der Waals surface area contributed by atoms with Crippen molar-refractivity contribution in [1.29, 1.82) is 0 Å². The van der Waals surface area contributed by atoms with Gasteiger partial charge in [0.05, 0.1) is 0 Å². The van der Waals surface area contributed by atoms with Gasteiger partial charge in [-0.1, -0.05) is 26.8 Å². The van der Waals surface area contributed by atoms with Gasteiger partial charge >= 0.3 is 0 Å². The third kappa shape index (κ3) is 4.85. The van der Waals surface area contributed by atoms with Crippen molar-refractivity contribution in [3.05, 3.63) is 22.4 Å². The molecule has 0 aromatic carbocycles. The SMILES string of the molecule is CN=C(NCC(C)(C)c1cccs1)NC1CN(C2CC2)CC1C.I. The highest BCUT2D eigenvalue weighted by atomic mass is 127. The molecule has 0 amide bonds. The second kappa shape index (κ2) is 8.36. The van der Waals surface area contributed by atoms with Crippen LogP contribution in [0.3, 0.4) is 0 Å². The summed E-state index contributed by atoms with van der Waals surface area (Å²) in [6.07, 6.45) is 2.78. The van der Waals surface area contributed by atoms with Crippen molar-refractivity contribution in [1.82, 2.24) is 15.5 Å².